The number of piperidine rings is 1. The first-order valence-electron chi connectivity index (χ1n) is 7.03. The molecule has 1 fully saturated rings. The molecule has 0 unspecified atom stereocenters. The Morgan fingerprint density at radius 2 is 2.14 bits per heavy atom. The molecule has 0 radical (unpaired) electrons. The molecule has 1 saturated heterocycles. The van der Waals surface area contributed by atoms with Crippen LogP contribution >= 0.6 is 0 Å². The van der Waals surface area contributed by atoms with E-state index in [1.165, 1.54) is 0 Å². The molecule has 9 heteroatoms. The number of H-pyrrole nitrogens is 1. The van der Waals surface area contributed by atoms with Crippen LogP contribution in [0.15, 0.2) is 15.8 Å². The lowest BCUT2D eigenvalue weighted by atomic mass is 10.0. The highest BCUT2D eigenvalue weighted by atomic mass is 19.1. The Labute approximate surface area is 125 Å². The van der Waals surface area contributed by atoms with Crippen LogP contribution in [-0.4, -0.2) is 57.7 Å². The van der Waals surface area contributed by atoms with Crippen LogP contribution in [0.5, 0.6) is 0 Å². The zero-order chi connectivity index (χ0) is 16.3. The zero-order valence-electron chi connectivity index (χ0n) is 12.2. The van der Waals surface area contributed by atoms with Crippen LogP contribution < -0.4 is 16.6 Å². The molecular weight excluding hydrogens is 295 g/mol. The number of nitrogens with zero attached hydrogens (tertiary/aromatic N) is 2. The van der Waals surface area contributed by atoms with E-state index in [9.17, 15) is 23.9 Å². The molecule has 0 amide bonds. The van der Waals surface area contributed by atoms with E-state index in [4.69, 9.17) is 0 Å². The van der Waals surface area contributed by atoms with Gasteiger partial charge in [0.05, 0.1) is 12.7 Å². The van der Waals surface area contributed by atoms with Gasteiger partial charge in [-0.25, -0.2) is 4.79 Å². The molecule has 22 heavy (non-hydrogen) atoms. The van der Waals surface area contributed by atoms with Crippen molar-refractivity contribution in [1.29, 1.82) is 0 Å². The monoisotopic (exact) mass is 314 g/mol. The van der Waals surface area contributed by atoms with Gasteiger partial charge in [0.2, 0.25) is 5.82 Å². The number of aliphatic carboxylic acids is 1. The molecule has 1 aliphatic heterocycles. The average Bonchev–Trinajstić information content (AvgIpc) is 2.46. The summed E-state index contributed by atoms with van der Waals surface area (Å²) in [6.45, 7) is 1.46. The number of hydrogen-bond acceptors (Lipinski definition) is 5. The van der Waals surface area contributed by atoms with E-state index in [-0.39, 0.29) is 12.6 Å². The second-order valence-corrected chi connectivity index (χ2v) is 5.52. The first kappa shape index (κ1) is 16.4. The van der Waals surface area contributed by atoms with Crippen LogP contribution in [0.25, 0.3) is 0 Å². The highest BCUT2D eigenvalue weighted by Crippen LogP contribution is 2.09. The number of carboxylic acids is 1. The van der Waals surface area contributed by atoms with E-state index < -0.39 is 29.1 Å². The predicted molar refractivity (Wildman–Crippen MR) is 76.4 cm³/mol. The van der Waals surface area contributed by atoms with Gasteiger partial charge >= 0.3 is 11.7 Å². The van der Waals surface area contributed by atoms with Gasteiger partial charge in [-0.15, -0.1) is 0 Å². The molecule has 1 aromatic heterocycles. The van der Waals surface area contributed by atoms with E-state index in [2.05, 4.69) is 10.2 Å². The fraction of sp³-hybridized carbons (Fsp3) is 0.615. The quantitative estimate of drug-likeness (QED) is 0.631. The highest BCUT2D eigenvalue weighted by molar-refractivity contribution is 5.73. The lowest BCUT2D eigenvalue weighted by molar-refractivity contribution is -0.140. The highest BCUT2D eigenvalue weighted by Gasteiger charge is 2.25. The van der Waals surface area contributed by atoms with Gasteiger partial charge in [-0.1, -0.05) is 0 Å². The van der Waals surface area contributed by atoms with Crippen LogP contribution in [0.1, 0.15) is 12.8 Å². The van der Waals surface area contributed by atoms with Crippen LogP contribution in [-0.2, 0) is 11.3 Å². The number of aromatic nitrogens is 2. The third-order valence-corrected chi connectivity index (χ3v) is 3.80. The minimum absolute atomic E-state index is 0.0283. The van der Waals surface area contributed by atoms with Crippen molar-refractivity contribution in [3.05, 3.63) is 32.9 Å². The van der Waals surface area contributed by atoms with Gasteiger partial charge < -0.3 is 15.3 Å². The summed E-state index contributed by atoms with van der Waals surface area (Å²) in [6, 6.07) is -1.00. The molecule has 122 valence electrons. The maximum absolute atomic E-state index is 13.2. The third-order valence-electron chi connectivity index (χ3n) is 3.80. The van der Waals surface area contributed by atoms with Crippen LogP contribution in [0.4, 0.5) is 4.39 Å². The van der Waals surface area contributed by atoms with Crippen molar-refractivity contribution in [1.82, 2.24) is 19.8 Å². The predicted octanol–water partition coefficient (Wildman–Crippen LogP) is -1.19. The third kappa shape index (κ3) is 4.01. The lowest BCUT2D eigenvalue weighted by Gasteiger charge is -2.31. The Bertz CT molecular complexity index is 648. The Hall–Kier alpha value is -2.00. The number of hydrogen-bond donors (Lipinski definition) is 3. The van der Waals surface area contributed by atoms with Crippen LogP contribution in [0.2, 0.25) is 0 Å². The molecule has 0 aromatic carbocycles. The number of likely N-dealkylation sites (tertiary alicyclic amines) is 1. The molecule has 0 aliphatic carbocycles. The second-order valence-electron chi connectivity index (χ2n) is 5.52. The maximum Gasteiger partial charge on any atom is 0.328 e. The zero-order valence-corrected chi connectivity index (χ0v) is 12.2. The molecule has 0 spiro atoms. The normalized spacial score (nSPS) is 18.3. The van der Waals surface area contributed by atoms with E-state index >= 15 is 0 Å². The summed E-state index contributed by atoms with van der Waals surface area (Å²) in [5.74, 6) is -2.25. The number of nitrogens with one attached hydrogen (secondary N) is 2. The lowest BCUT2D eigenvalue weighted by Crippen LogP contribution is -2.51. The molecule has 1 aliphatic rings. The van der Waals surface area contributed by atoms with Crippen molar-refractivity contribution in [3.8, 4) is 0 Å². The number of aromatic amines is 1. The summed E-state index contributed by atoms with van der Waals surface area (Å²) in [7, 11) is 1.99. The fourth-order valence-corrected chi connectivity index (χ4v) is 2.48. The first-order valence-corrected chi connectivity index (χ1v) is 7.03. The molecule has 3 N–H and O–H groups in total. The molecule has 0 bridgehead atoms. The standard InChI is InChI=1S/C13H19FN4O4/c1-17-4-2-8(3-5-17)15-10(12(20)21)7-18-6-9(14)11(19)16-13(18)22/h6,8,10,15H,2-5,7H2,1H3,(H,20,21)(H,16,19,22)/t10-/m0/s1. The Morgan fingerprint density at radius 3 is 2.73 bits per heavy atom. The van der Waals surface area contributed by atoms with Crippen molar-refractivity contribution in [3.63, 3.8) is 0 Å². The van der Waals surface area contributed by atoms with Gasteiger partial charge in [-0.3, -0.25) is 19.1 Å². The van der Waals surface area contributed by atoms with Gasteiger partial charge in [-0.2, -0.15) is 4.39 Å². The van der Waals surface area contributed by atoms with E-state index in [1.807, 2.05) is 12.0 Å². The smallest absolute Gasteiger partial charge is 0.328 e. The minimum Gasteiger partial charge on any atom is -0.480 e. The topological polar surface area (TPSA) is 107 Å². The number of carboxylic acid groups (broad SMARTS) is 1. The number of halogens is 1. The summed E-state index contributed by atoms with van der Waals surface area (Å²) in [5.41, 5.74) is -1.95. The fourth-order valence-electron chi connectivity index (χ4n) is 2.48. The summed E-state index contributed by atoms with van der Waals surface area (Å²) < 4.78 is 14.1. The Balaban J connectivity index is 2.09. The molecule has 1 atom stereocenters. The SMILES string of the molecule is CN1CCC(N[C@@H](Cn2cc(F)c(=O)[nH]c2=O)C(=O)O)CC1. The average molecular weight is 314 g/mol. The van der Waals surface area contributed by atoms with E-state index in [0.29, 0.717) is 0 Å². The molecule has 2 rings (SSSR count). The van der Waals surface area contributed by atoms with Crippen LogP contribution in [0, 0.1) is 5.82 Å². The maximum atomic E-state index is 13.2. The van der Waals surface area contributed by atoms with Crippen molar-refractivity contribution >= 4 is 5.97 Å². The van der Waals surface area contributed by atoms with Gasteiger partial charge in [0.25, 0.3) is 5.56 Å². The van der Waals surface area contributed by atoms with Gasteiger partial charge in [0.1, 0.15) is 6.04 Å². The summed E-state index contributed by atoms with van der Waals surface area (Å²) >= 11 is 0. The molecular formula is C13H19FN4O4. The van der Waals surface area contributed by atoms with Gasteiger partial charge in [0.15, 0.2) is 0 Å². The first-order chi connectivity index (χ1) is 10.4. The largest absolute Gasteiger partial charge is 0.480 e. The summed E-state index contributed by atoms with van der Waals surface area (Å²) in [4.78, 5) is 37.9. The Morgan fingerprint density at radius 1 is 1.50 bits per heavy atom. The van der Waals surface area contributed by atoms with Crippen molar-refractivity contribution in [2.45, 2.75) is 31.5 Å². The van der Waals surface area contributed by atoms with Gasteiger partial charge in [-0.05, 0) is 33.0 Å². The number of carbonyl (C=O) groups is 1. The molecule has 0 saturated carbocycles. The van der Waals surface area contributed by atoms with Crippen molar-refractivity contribution in [2.75, 3.05) is 20.1 Å². The summed E-state index contributed by atoms with van der Waals surface area (Å²) in [6.07, 6.45) is 2.33. The van der Waals surface area contributed by atoms with Crippen molar-refractivity contribution in [2.24, 2.45) is 0 Å². The molecule has 8 nitrogen and oxygen atoms in total. The van der Waals surface area contributed by atoms with E-state index in [1.54, 1.807) is 0 Å². The second kappa shape index (κ2) is 6.84. The summed E-state index contributed by atoms with van der Waals surface area (Å²) in [5, 5.41) is 12.3. The minimum atomic E-state index is -1.13. The van der Waals surface area contributed by atoms with E-state index in [0.717, 1.165) is 36.7 Å². The molecule has 1 aromatic rings. The number of rotatable bonds is 5. The Kier molecular flexibility index (Phi) is 5.09. The van der Waals surface area contributed by atoms with Crippen LogP contribution in [0.3, 0.4) is 0 Å². The van der Waals surface area contributed by atoms with Gasteiger partial charge in [0, 0.05) is 6.04 Å². The molecule has 2 heterocycles. The van der Waals surface area contributed by atoms with Crippen molar-refractivity contribution < 1.29 is 14.3 Å².